The molecule has 0 fully saturated rings. The fourth-order valence-electron chi connectivity index (χ4n) is 1.20. The number of nitrogens with two attached hydrogens (primary N) is 1. The Hall–Kier alpha value is -1.20. The maximum Gasteiger partial charge on any atom is 0.252 e. The molecule has 88 valence electrons. The molecule has 0 aliphatic carbocycles. The van der Waals surface area contributed by atoms with Gasteiger partial charge >= 0.3 is 0 Å². The van der Waals surface area contributed by atoms with Gasteiger partial charge in [0.25, 0.3) is 5.91 Å². The van der Waals surface area contributed by atoms with Crippen molar-refractivity contribution in [3.05, 3.63) is 23.8 Å². The number of hydrogen-bond acceptors (Lipinski definition) is 3. The first kappa shape index (κ1) is 12.9. The van der Waals surface area contributed by atoms with Crippen LogP contribution in [0.2, 0.25) is 0 Å². The van der Waals surface area contributed by atoms with Gasteiger partial charge in [-0.3, -0.25) is 4.79 Å². The fourth-order valence-corrected chi connectivity index (χ4v) is 2.35. The second-order valence-corrected chi connectivity index (χ2v) is 6.60. The lowest BCUT2D eigenvalue weighted by Crippen LogP contribution is -2.28. The van der Waals surface area contributed by atoms with Gasteiger partial charge < -0.3 is 15.4 Å². The highest BCUT2D eigenvalue weighted by atomic mass is 32.2. The van der Waals surface area contributed by atoms with Crippen LogP contribution >= 0.6 is 0 Å². The van der Waals surface area contributed by atoms with E-state index in [0.29, 0.717) is 0 Å². The summed E-state index contributed by atoms with van der Waals surface area (Å²) < 4.78 is 11.6. The van der Waals surface area contributed by atoms with Gasteiger partial charge in [-0.2, -0.15) is 0 Å². The first-order chi connectivity index (χ1) is 7.25. The summed E-state index contributed by atoms with van der Waals surface area (Å²) >= 11 is -1.40. The predicted octanol–water partition coefficient (Wildman–Crippen LogP) is 1.40. The summed E-state index contributed by atoms with van der Waals surface area (Å²) in [6.45, 7) is 5.37. The first-order valence-electron chi connectivity index (χ1n) is 4.79. The van der Waals surface area contributed by atoms with Crippen molar-refractivity contribution in [1.29, 1.82) is 0 Å². The van der Waals surface area contributed by atoms with E-state index in [1.165, 1.54) is 12.1 Å². The molecule has 0 saturated heterocycles. The topological polar surface area (TPSA) is 86.4 Å². The zero-order valence-corrected chi connectivity index (χ0v) is 10.3. The van der Waals surface area contributed by atoms with Gasteiger partial charge in [0.05, 0.1) is 5.56 Å². The van der Waals surface area contributed by atoms with Crippen LogP contribution in [0.15, 0.2) is 23.1 Å². The lowest BCUT2D eigenvalue weighted by molar-refractivity contribution is 0.0997. The molecule has 1 unspecified atom stereocenters. The Kier molecular flexibility index (Phi) is 3.50. The third kappa shape index (κ3) is 2.48. The second-order valence-electron chi connectivity index (χ2n) is 4.40. The van der Waals surface area contributed by atoms with Crippen LogP contribution in [0.3, 0.4) is 0 Å². The van der Waals surface area contributed by atoms with Gasteiger partial charge in [0.1, 0.15) is 4.75 Å². The van der Waals surface area contributed by atoms with E-state index < -0.39 is 21.8 Å². The van der Waals surface area contributed by atoms with Crippen LogP contribution in [0, 0.1) is 0 Å². The van der Waals surface area contributed by atoms with Gasteiger partial charge in [-0.15, -0.1) is 0 Å². The lowest BCUT2D eigenvalue weighted by Gasteiger charge is -2.24. The van der Waals surface area contributed by atoms with E-state index >= 15 is 0 Å². The molecule has 0 heterocycles. The third-order valence-electron chi connectivity index (χ3n) is 2.02. The monoisotopic (exact) mass is 241 g/mol. The van der Waals surface area contributed by atoms with Crippen LogP contribution in [0.4, 0.5) is 0 Å². The van der Waals surface area contributed by atoms with E-state index in [-0.39, 0.29) is 16.2 Å². The number of carbonyl (C=O) groups is 1. The Morgan fingerprint density at radius 3 is 2.44 bits per heavy atom. The standard InChI is InChI=1S/C11H15NO3S/c1-11(2,3)16(15)8-6-4-5-7(9(8)13)10(12)14/h4-6,13H,1-3H3,(H2,12,14). The maximum absolute atomic E-state index is 12.1. The molecule has 0 radical (unpaired) electrons. The lowest BCUT2D eigenvalue weighted by atomic mass is 10.2. The average Bonchev–Trinajstić information content (AvgIpc) is 2.15. The largest absolute Gasteiger partial charge is 0.611 e. The molecule has 1 amide bonds. The molecule has 5 heteroatoms. The predicted molar refractivity (Wildman–Crippen MR) is 62.8 cm³/mol. The van der Waals surface area contributed by atoms with Crippen LogP contribution < -0.4 is 5.73 Å². The van der Waals surface area contributed by atoms with Crippen molar-refractivity contribution in [2.75, 3.05) is 0 Å². The fraction of sp³-hybridized carbons (Fsp3) is 0.364. The number of para-hydroxylation sites is 1. The van der Waals surface area contributed by atoms with Crippen molar-refractivity contribution in [1.82, 2.24) is 0 Å². The minimum Gasteiger partial charge on any atom is -0.611 e. The van der Waals surface area contributed by atoms with Gasteiger partial charge in [-0.25, -0.2) is 0 Å². The normalized spacial score (nSPS) is 13.5. The van der Waals surface area contributed by atoms with E-state index in [1.54, 1.807) is 26.8 Å². The van der Waals surface area contributed by atoms with E-state index in [0.717, 1.165) is 0 Å². The number of rotatable bonds is 2. The zero-order valence-electron chi connectivity index (χ0n) is 9.48. The summed E-state index contributed by atoms with van der Waals surface area (Å²) in [7, 11) is 0. The average molecular weight is 241 g/mol. The molecule has 0 aliphatic heterocycles. The molecule has 0 aliphatic rings. The molecular weight excluding hydrogens is 226 g/mol. The summed E-state index contributed by atoms with van der Waals surface area (Å²) in [5.74, 6) is -1.02. The van der Waals surface area contributed by atoms with Crippen molar-refractivity contribution in [3.63, 3.8) is 0 Å². The van der Waals surface area contributed by atoms with E-state index in [1.807, 2.05) is 0 Å². The molecule has 1 atom stereocenters. The Balaban J connectivity index is 3.26. The Bertz CT molecular complexity index is 412. The van der Waals surface area contributed by atoms with Gasteiger partial charge in [-0.1, -0.05) is 6.07 Å². The summed E-state index contributed by atoms with van der Waals surface area (Å²) in [5.41, 5.74) is 5.09. The highest BCUT2D eigenvalue weighted by molar-refractivity contribution is 7.92. The number of aromatic hydroxyl groups is 1. The van der Waals surface area contributed by atoms with Crippen LogP contribution in [0.5, 0.6) is 5.75 Å². The molecule has 3 N–H and O–H groups in total. The molecule has 1 rings (SSSR count). The van der Waals surface area contributed by atoms with Gasteiger partial charge in [0.2, 0.25) is 0 Å². The Morgan fingerprint density at radius 1 is 1.44 bits per heavy atom. The third-order valence-corrected chi connectivity index (χ3v) is 3.86. The van der Waals surface area contributed by atoms with Crippen LogP contribution in [-0.2, 0) is 11.2 Å². The number of phenols is 1. The molecule has 16 heavy (non-hydrogen) atoms. The maximum atomic E-state index is 12.1. The van der Waals surface area contributed by atoms with Crippen molar-refractivity contribution >= 4 is 17.1 Å². The highest BCUT2D eigenvalue weighted by Crippen LogP contribution is 2.33. The molecule has 0 aromatic heterocycles. The van der Waals surface area contributed by atoms with Gasteiger partial charge in [0, 0.05) is 0 Å². The number of primary amides is 1. The van der Waals surface area contributed by atoms with Crippen molar-refractivity contribution < 1.29 is 14.5 Å². The van der Waals surface area contributed by atoms with Crippen molar-refractivity contribution in [2.45, 2.75) is 30.4 Å². The Morgan fingerprint density at radius 2 is 2.00 bits per heavy atom. The number of amides is 1. The molecule has 0 saturated carbocycles. The minimum atomic E-state index is -1.40. The molecule has 1 aromatic carbocycles. The summed E-state index contributed by atoms with van der Waals surface area (Å²) in [6.07, 6.45) is 0. The zero-order chi connectivity index (χ0) is 12.5. The minimum absolute atomic E-state index is 0.00454. The van der Waals surface area contributed by atoms with Crippen LogP contribution in [0.1, 0.15) is 31.1 Å². The second kappa shape index (κ2) is 4.35. The quantitative estimate of drug-likeness (QED) is 0.767. The molecule has 0 bridgehead atoms. The van der Waals surface area contributed by atoms with Crippen LogP contribution in [0.25, 0.3) is 0 Å². The van der Waals surface area contributed by atoms with Crippen molar-refractivity contribution in [2.24, 2.45) is 5.73 Å². The highest BCUT2D eigenvalue weighted by Gasteiger charge is 2.31. The number of hydrogen-bond donors (Lipinski definition) is 2. The molecule has 0 spiro atoms. The number of carbonyl (C=O) groups excluding carboxylic acids is 1. The molecule has 4 nitrogen and oxygen atoms in total. The van der Waals surface area contributed by atoms with Gasteiger partial charge in [0.15, 0.2) is 10.6 Å². The Labute approximate surface area is 97.6 Å². The van der Waals surface area contributed by atoms with E-state index in [4.69, 9.17) is 5.73 Å². The summed E-state index contributed by atoms with van der Waals surface area (Å²) in [4.78, 5) is 11.2. The first-order valence-corrected chi connectivity index (χ1v) is 5.94. The van der Waals surface area contributed by atoms with Crippen molar-refractivity contribution in [3.8, 4) is 5.75 Å². The summed E-state index contributed by atoms with van der Waals surface area (Å²) in [5, 5.41) is 9.80. The van der Waals surface area contributed by atoms with E-state index in [2.05, 4.69) is 0 Å². The van der Waals surface area contributed by atoms with Gasteiger partial charge in [-0.05, 0) is 44.1 Å². The van der Waals surface area contributed by atoms with E-state index in [9.17, 15) is 14.5 Å². The molecular formula is C11H15NO3S. The number of benzene rings is 1. The molecule has 1 aromatic rings. The van der Waals surface area contributed by atoms with Crippen LogP contribution in [-0.4, -0.2) is 20.3 Å². The summed E-state index contributed by atoms with van der Waals surface area (Å²) in [6, 6.07) is 4.49. The SMILES string of the molecule is CC(C)(C)[S+]([O-])c1cccc(C(N)=O)c1O. The smallest absolute Gasteiger partial charge is 0.252 e.